The molecule has 1 N–H and O–H groups in total. The zero-order valence-electron chi connectivity index (χ0n) is 22.3. The molecule has 212 valence electrons. The maximum absolute atomic E-state index is 13.9. The van der Waals surface area contributed by atoms with Crippen molar-refractivity contribution in [2.75, 3.05) is 38.2 Å². The summed E-state index contributed by atoms with van der Waals surface area (Å²) in [5, 5.41) is 2.53. The first-order valence-corrected chi connectivity index (χ1v) is 13.9. The molecule has 0 aliphatic carbocycles. The predicted molar refractivity (Wildman–Crippen MR) is 145 cm³/mol. The topological polar surface area (TPSA) is 114 Å². The van der Waals surface area contributed by atoms with Gasteiger partial charge in [-0.05, 0) is 61.0 Å². The molecule has 0 saturated carbocycles. The van der Waals surface area contributed by atoms with E-state index in [-0.39, 0.29) is 29.5 Å². The van der Waals surface area contributed by atoms with E-state index in [1.165, 1.54) is 49.4 Å². The van der Waals surface area contributed by atoms with Gasteiger partial charge in [0.1, 0.15) is 37.4 Å². The number of ether oxygens (including phenoxy) is 3. The number of amides is 2. The number of carbonyl (C=O) groups is 2. The zero-order chi connectivity index (χ0) is 28.9. The summed E-state index contributed by atoms with van der Waals surface area (Å²) in [4.78, 5) is 27.5. The molecule has 0 unspecified atom stereocenters. The number of rotatable bonds is 10. The van der Waals surface area contributed by atoms with Gasteiger partial charge in [0.15, 0.2) is 11.5 Å². The first-order chi connectivity index (χ1) is 19.1. The maximum atomic E-state index is 13.9. The fourth-order valence-corrected chi connectivity index (χ4v) is 5.64. The molecular formula is C28H30FN3O7S. The minimum Gasteiger partial charge on any atom is -0.497 e. The lowest BCUT2D eigenvalue weighted by molar-refractivity contribution is -0.139. The van der Waals surface area contributed by atoms with Crippen molar-refractivity contribution in [1.82, 2.24) is 10.2 Å². The Hall–Kier alpha value is -4.32. The van der Waals surface area contributed by atoms with E-state index in [4.69, 9.17) is 14.2 Å². The van der Waals surface area contributed by atoms with Crippen LogP contribution in [0.15, 0.2) is 71.6 Å². The third-order valence-electron chi connectivity index (χ3n) is 6.40. The standard InChI is InChI=1S/C28H30FN3O7S/c1-19(28(34)30-2)31(17-20-5-4-6-23(15-20)37-3)27(33)18-32(22-9-7-21(29)8-10-22)40(35,36)24-11-12-25-26(16-24)39-14-13-38-25/h4-12,15-16,19H,13-14,17-18H2,1-3H3,(H,30,34)/t19-/m0/s1. The van der Waals surface area contributed by atoms with Crippen molar-refractivity contribution in [3.05, 3.63) is 78.1 Å². The first kappa shape index (κ1) is 28.7. The summed E-state index contributed by atoms with van der Waals surface area (Å²) in [6.07, 6.45) is 0. The molecule has 0 fully saturated rings. The monoisotopic (exact) mass is 571 g/mol. The van der Waals surface area contributed by atoms with Crippen molar-refractivity contribution >= 4 is 27.5 Å². The summed E-state index contributed by atoms with van der Waals surface area (Å²) in [5.74, 6) is -0.432. The quantitative estimate of drug-likeness (QED) is 0.398. The van der Waals surface area contributed by atoms with Crippen LogP contribution in [0.2, 0.25) is 0 Å². The summed E-state index contributed by atoms with van der Waals surface area (Å²) >= 11 is 0. The number of hydrogen-bond acceptors (Lipinski definition) is 7. The van der Waals surface area contributed by atoms with Crippen molar-refractivity contribution in [2.24, 2.45) is 0 Å². The number of fused-ring (bicyclic) bond motifs is 1. The van der Waals surface area contributed by atoms with Crippen LogP contribution in [0.4, 0.5) is 10.1 Å². The SMILES string of the molecule is CNC(=O)[C@H](C)N(Cc1cccc(OC)c1)C(=O)CN(c1ccc(F)cc1)S(=O)(=O)c1ccc2c(c1)OCCO2. The van der Waals surface area contributed by atoms with Gasteiger partial charge in [-0.15, -0.1) is 0 Å². The zero-order valence-corrected chi connectivity index (χ0v) is 23.1. The fraction of sp³-hybridized carbons (Fsp3) is 0.286. The van der Waals surface area contributed by atoms with Crippen molar-refractivity contribution in [3.63, 3.8) is 0 Å². The molecule has 1 aliphatic heterocycles. The number of anilines is 1. The van der Waals surface area contributed by atoms with Crippen LogP contribution < -0.4 is 23.8 Å². The van der Waals surface area contributed by atoms with E-state index < -0.39 is 40.2 Å². The Morgan fingerprint density at radius 1 is 1.02 bits per heavy atom. The number of nitrogens with one attached hydrogen (secondary N) is 1. The Kier molecular flexibility index (Phi) is 8.78. The van der Waals surface area contributed by atoms with E-state index in [2.05, 4.69) is 5.32 Å². The molecule has 0 saturated heterocycles. The van der Waals surface area contributed by atoms with Gasteiger partial charge in [0.05, 0.1) is 17.7 Å². The van der Waals surface area contributed by atoms with Crippen molar-refractivity contribution in [2.45, 2.75) is 24.4 Å². The van der Waals surface area contributed by atoms with Crippen molar-refractivity contribution in [3.8, 4) is 17.2 Å². The smallest absolute Gasteiger partial charge is 0.264 e. The van der Waals surface area contributed by atoms with Gasteiger partial charge in [0, 0.05) is 19.7 Å². The highest BCUT2D eigenvalue weighted by atomic mass is 32.2. The third kappa shape index (κ3) is 6.28. The van der Waals surface area contributed by atoms with Crippen LogP contribution in [-0.2, 0) is 26.2 Å². The van der Waals surface area contributed by atoms with Crippen molar-refractivity contribution in [1.29, 1.82) is 0 Å². The van der Waals surface area contributed by atoms with Crippen LogP contribution in [-0.4, -0.2) is 65.1 Å². The van der Waals surface area contributed by atoms with Crippen LogP contribution in [0.1, 0.15) is 12.5 Å². The molecule has 1 atom stereocenters. The largest absolute Gasteiger partial charge is 0.497 e. The van der Waals surface area contributed by atoms with Gasteiger partial charge >= 0.3 is 0 Å². The number of likely N-dealkylation sites (N-methyl/N-ethyl adjacent to an activating group) is 1. The molecule has 2 amide bonds. The average molecular weight is 572 g/mol. The minimum absolute atomic E-state index is 0.00590. The van der Waals surface area contributed by atoms with Gasteiger partial charge in [-0.3, -0.25) is 13.9 Å². The molecule has 0 bridgehead atoms. The molecule has 40 heavy (non-hydrogen) atoms. The fourth-order valence-electron chi connectivity index (χ4n) is 4.21. The molecule has 0 aromatic heterocycles. The number of methoxy groups -OCH3 is 1. The van der Waals surface area contributed by atoms with Crippen LogP contribution >= 0.6 is 0 Å². The van der Waals surface area contributed by atoms with E-state index in [1.807, 2.05) is 0 Å². The van der Waals surface area contributed by atoms with Crippen LogP contribution in [0, 0.1) is 5.82 Å². The molecule has 0 radical (unpaired) electrons. The van der Waals surface area contributed by atoms with E-state index >= 15 is 0 Å². The normalized spacial score (nSPS) is 13.2. The summed E-state index contributed by atoms with van der Waals surface area (Å²) in [5.41, 5.74) is 0.741. The van der Waals surface area contributed by atoms with Crippen molar-refractivity contribution < 1.29 is 36.6 Å². The van der Waals surface area contributed by atoms with E-state index in [0.29, 0.717) is 23.7 Å². The number of sulfonamides is 1. The summed E-state index contributed by atoms with van der Waals surface area (Å²) in [6, 6.07) is 15.0. The molecule has 0 spiro atoms. The Labute approximate surface area is 232 Å². The second kappa shape index (κ2) is 12.2. The maximum Gasteiger partial charge on any atom is 0.264 e. The number of nitrogens with zero attached hydrogens (tertiary/aromatic N) is 2. The molecule has 1 heterocycles. The average Bonchev–Trinajstić information content (AvgIpc) is 2.98. The molecular weight excluding hydrogens is 541 g/mol. The van der Waals surface area contributed by atoms with Gasteiger partial charge in [-0.2, -0.15) is 0 Å². The van der Waals surface area contributed by atoms with Crippen LogP contribution in [0.25, 0.3) is 0 Å². The predicted octanol–water partition coefficient (Wildman–Crippen LogP) is 2.96. The lowest BCUT2D eigenvalue weighted by Gasteiger charge is -2.32. The van der Waals surface area contributed by atoms with Gasteiger partial charge in [-0.25, -0.2) is 12.8 Å². The van der Waals surface area contributed by atoms with Gasteiger partial charge in [-0.1, -0.05) is 12.1 Å². The van der Waals surface area contributed by atoms with Crippen LogP contribution in [0.5, 0.6) is 17.2 Å². The third-order valence-corrected chi connectivity index (χ3v) is 8.17. The Morgan fingerprint density at radius 3 is 2.40 bits per heavy atom. The molecule has 4 rings (SSSR count). The number of carbonyl (C=O) groups excluding carboxylic acids is 2. The Balaban J connectivity index is 1.72. The van der Waals surface area contributed by atoms with E-state index in [9.17, 15) is 22.4 Å². The highest BCUT2D eigenvalue weighted by Crippen LogP contribution is 2.34. The Bertz CT molecular complexity index is 1480. The molecule has 3 aromatic rings. The lowest BCUT2D eigenvalue weighted by atomic mass is 10.1. The van der Waals surface area contributed by atoms with E-state index in [1.54, 1.807) is 31.2 Å². The first-order valence-electron chi connectivity index (χ1n) is 12.5. The highest BCUT2D eigenvalue weighted by molar-refractivity contribution is 7.92. The van der Waals surface area contributed by atoms with Gasteiger partial charge in [0.2, 0.25) is 11.8 Å². The number of halogens is 1. The molecule has 10 nitrogen and oxygen atoms in total. The second-order valence-corrected chi connectivity index (χ2v) is 10.8. The highest BCUT2D eigenvalue weighted by Gasteiger charge is 2.33. The van der Waals surface area contributed by atoms with Crippen LogP contribution in [0.3, 0.4) is 0 Å². The summed E-state index contributed by atoms with van der Waals surface area (Å²) in [6.45, 7) is 1.49. The molecule has 3 aromatic carbocycles. The van der Waals surface area contributed by atoms with Gasteiger partial charge in [0.25, 0.3) is 10.0 Å². The number of benzene rings is 3. The Morgan fingerprint density at radius 2 is 1.73 bits per heavy atom. The lowest BCUT2D eigenvalue weighted by Crippen LogP contribution is -2.50. The van der Waals surface area contributed by atoms with Gasteiger partial charge < -0.3 is 24.4 Å². The number of hydrogen-bond donors (Lipinski definition) is 1. The summed E-state index contributed by atoms with van der Waals surface area (Å²) in [7, 11) is -1.40. The van der Waals surface area contributed by atoms with E-state index in [0.717, 1.165) is 16.4 Å². The molecule has 12 heteroatoms. The minimum atomic E-state index is -4.36. The molecule has 1 aliphatic rings. The summed E-state index contributed by atoms with van der Waals surface area (Å²) < 4.78 is 58.8. The second-order valence-electron chi connectivity index (χ2n) is 8.96.